The minimum atomic E-state index is -1.12. The van der Waals surface area contributed by atoms with Gasteiger partial charge in [-0.1, -0.05) is 23.7 Å². The molecule has 4 nitrogen and oxygen atoms in total. The Balaban J connectivity index is 2.98. The molecule has 0 aliphatic carbocycles. The lowest BCUT2D eigenvalue weighted by atomic mass is 10.1. The van der Waals surface area contributed by atoms with E-state index in [9.17, 15) is 9.59 Å². The smallest absolute Gasteiger partial charge is 0.330 e. The summed E-state index contributed by atoms with van der Waals surface area (Å²) in [5.74, 6) is -1.52. The number of benzene rings is 1. The summed E-state index contributed by atoms with van der Waals surface area (Å²) in [7, 11) is 0. The van der Waals surface area contributed by atoms with E-state index in [4.69, 9.17) is 16.7 Å². The number of hydrogen-bond acceptors (Lipinski definition) is 2. The Morgan fingerprint density at radius 1 is 1.47 bits per heavy atom. The van der Waals surface area contributed by atoms with Crippen LogP contribution in [-0.4, -0.2) is 17.0 Å². The third-order valence-corrected chi connectivity index (χ3v) is 2.01. The van der Waals surface area contributed by atoms with Crippen LogP contribution < -0.4 is 5.32 Å². The summed E-state index contributed by atoms with van der Waals surface area (Å²) in [6.07, 6.45) is 0. The molecule has 15 heavy (non-hydrogen) atoms. The molecule has 0 aliphatic heterocycles. The molecule has 80 valence electrons. The number of nitrogens with one attached hydrogen (secondary N) is 1. The van der Waals surface area contributed by atoms with Gasteiger partial charge in [0, 0.05) is 11.9 Å². The van der Waals surface area contributed by atoms with Crippen LogP contribution in [0.15, 0.2) is 24.3 Å². The van der Waals surface area contributed by atoms with E-state index < -0.39 is 17.9 Å². The standard InChI is InChI=1S/C10H10ClNO3/c1-6(13)12-9(10(14)15)7-3-2-4-8(11)5-7/h2-5,9H,1H3,(H,12,13)(H,14,15)/t9-/m0/s1. The second-order valence-corrected chi connectivity index (χ2v) is 3.46. The van der Waals surface area contributed by atoms with Crippen LogP contribution in [0.25, 0.3) is 0 Å². The first-order valence-corrected chi connectivity index (χ1v) is 4.64. The van der Waals surface area contributed by atoms with Gasteiger partial charge in [0.15, 0.2) is 6.04 Å². The van der Waals surface area contributed by atoms with Crippen LogP contribution >= 0.6 is 11.6 Å². The van der Waals surface area contributed by atoms with Crippen LogP contribution in [0.2, 0.25) is 5.02 Å². The largest absolute Gasteiger partial charge is 0.479 e. The van der Waals surface area contributed by atoms with Crippen molar-refractivity contribution < 1.29 is 14.7 Å². The number of carboxylic acids is 1. The molecule has 1 aromatic carbocycles. The van der Waals surface area contributed by atoms with Gasteiger partial charge < -0.3 is 10.4 Å². The van der Waals surface area contributed by atoms with Gasteiger partial charge >= 0.3 is 5.97 Å². The third kappa shape index (κ3) is 3.25. The number of hydrogen-bond donors (Lipinski definition) is 2. The van der Waals surface area contributed by atoms with Gasteiger partial charge in [-0.2, -0.15) is 0 Å². The fraction of sp³-hybridized carbons (Fsp3) is 0.200. The van der Waals surface area contributed by atoms with Crippen LogP contribution in [0.4, 0.5) is 0 Å². The van der Waals surface area contributed by atoms with Gasteiger partial charge in [-0.05, 0) is 17.7 Å². The van der Waals surface area contributed by atoms with Crippen molar-refractivity contribution in [3.63, 3.8) is 0 Å². The molecule has 0 saturated heterocycles. The summed E-state index contributed by atoms with van der Waals surface area (Å²) in [6.45, 7) is 1.26. The van der Waals surface area contributed by atoms with Crippen LogP contribution in [0.1, 0.15) is 18.5 Å². The average molecular weight is 228 g/mol. The molecule has 1 aromatic rings. The number of amides is 1. The van der Waals surface area contributed by atoms with Crippen molar-refractivity contribution in [1.82, 2.24) is 5.32 Å². The molecule has 0 heterocycles. The molecular formula is C10H10ClNO3. The molecule has 0 unspecified atom stereocenters. The zero-order valence-corrected chi connectivity index (χ0v) is 8.78. The summed E-state index contributed by atoms with van der Waals surface area (Å²) in [4.78, 5) is 21.7. The van der Waals surface area contributed by atoms with Gasteiger partial charge in [0.05, 0.1) is 0 Å². The van der Waals surface area contributed by atoms with Gasteiger partial charge in [0.2, 0.25) is 5.91 Å². The second-order valence-electron chi connectivity index (χ2n) is 3.03. The number of carboxylic acid groups (broad SMARTS) is 1. The Bertz CT molecular complexity index is 392. The molecule has 0 radical (unpaired) electrons. The van der Waals surface area contributed by atoms with Crippen molar-refractivity contribution in [3.8, 4) is 0 Å². The first-order valence-electron chi connectivity index (χ1n) is 4.26. The van der Waals surface area contributed by atoms with Crippen molar-refractivity contribution >= 4 is 23.5 Å². The van der Waals surface area contributed by atoms with Gasteiger partial charge in [-0.15, -0.1) is 0 Å². The average Bonchev–Trinajstić information content (AvgIpc) is 2.13. The molecule has 0 bridgehead atoms. The highest BCUT2D eigenvalue weighted by atomic mass is 35.5. The maximum atomic E-state index is 10.9. The van der Waals surface area contributed by atoms with Gasteiger partial charge in [-0.25, -0.2) is 4.79 Å². The van der Waals surface area contributed by atoms with Crippen molar-refractivity contribution in [2.24, 2.45) is 0 Å². The lowest BCUT2D eigenvalue weighted by Crippen LogP contribution is -2.31. The van der Waals surface area contributed by atoms with E-state index in [0.29, 0.717) is 10.6 Å². The fourth-order valence-corrected chi connectivity index (χ4v) is 1.38. The molecule has 1 rings (SSSR count). The Morgan fingerprint density at radius 2 is 2.13 bits per heavy atom. The highest BCUT2D eigenvalue weighted by Crippen LogP contribution is 2.17. The van der Waals surface area contributed by atoms with Crippen molar-refractivity contribution in [2.75, 3.05) is 0 Å². The van der Waals surface area contributed by atoms with E-state index in [1.54, 1.807) is 18.2 Å². The summed E-state index contributed by atoms with van der Waals surface area (Å²) in [5.41, 5.74) is 0.449. The molecule has 0 spiro atoms. The zero-order valence-electron chi connectivity index (χ0n) is 8.03. The highest BCUT2D eigenvalue weighted by Gasteiger charge is 2.20. The van der Waals surface area contributed by atoms with Gasteiger partial charge in [0.1, 0.15) is 0 Å². The monoisotopic (exact) mass is 227 g/mol. The molecule has 0 aromatic heterocycles. The first-order chi connectivity index (χ1) is 7.00. The quantitative estimate of drug-likeness (QED) is 0.824. The Kier molecular flexibility index (Phi) is 3.68. The number of carbonyl (C=O) groups is 2. The number of aliphatic carboxylic acids is 1. The molecule has 0 aliphatic rings. The normalized spacial score (nSPS) is 11.9. The van der Waals surface area contributed by atoms with E-state index in [0.717, 1.165) is 0 Å². The molecule has 2 N–H and O–H groups in total. The van der Waals surface area contributed by atoms with Gasteiger partial charge in [-0.3, -0.25) is 4.79 Å². The minimum Gasteiger partial charge on any atom is -0.479 e. The topological polar surface area (TPSA) is 66.4 Å². The molecule has 1 amide bonds. The van der Waals surface area contributed by atoms with Crippen LogP contribution in [-0.2, 0) is 9.59 Å². The number of carbonyl (C=O) groups excluding carboxylic acids is 1. The summed E-state index contributed by atoms with van der Waals surface area (Å²) in [5, 5.41) is 11.7. The summed E-state index contributed by atoms with van der Waals surface area (Å²) in [6, 6.07) is 5.32. The maximum Gasteiger partial charge on any atom is 0.330 e. The van der Waals surface area contributed by atoms with Crippen LogP contribution in [0.3, 0.4) is 0 Å². The van der Waals surface area contributed by atoms with E-state index in [-0.39, 0.29) is 0 Å². The fourth-order valence-electron chi connectivity index (χ4n) is 1.18. The van der Waals surface area contributed by atoms with E-state index in [1.807, 2.05) is 0 Å². The Hall–Kier alpha value is -1.55. The van der Waals surface area contributed by atoms with Crippen LogP contribution in [0.5, 0.6) is 0 Å². The summed E-state index contributed by atoms with van der Waals surface area (Å²) < 4.78 is 0. The van der Waals surface area contributed by atoms with E-state index >= 15 is 0 Å². The highest BCUT2D eigenvalue weighted by molar-refractivity contribution is 6.30. The number of rotatable bonds is 3. The molecule has 0 saturated carbocycles. The Morgan fingerprint density at radius 3 is 2.60 bits per heavy atom. The van der Waals surface area contributed by atoms with Crippen LogP contribution in [0, 0.1) is 0 Å². The van der Waals surface area contributed by atoms with Crippen molar-refractivity contribution in [3.05, 3.63) is 34.9 Å². The maximum absolute atomic E-state index is 10.9. The minimum absolute atomic E-state index is 0.401. The SMILES string of the molecule is CC(=O)N[C@H](C(=O)O)c1cccc(Cl)c1. The van der Waals surface area contributed by atoms with E-state index in [2.05, 4.69) is 5.32 Å². The molecule has 1 atom stereocenters. The zero-order chi connectivity index (χ0) is 11.4. The molecular weight excluding hydrogens is 218 g/mol. The first kappa shape index (κ1) is 11.5. The molecule has 0 fully saturated rings. The van der Waals surface area contributed by atoms with Gasteiger partial charge in [0.25, 0.3) is 0 Å². The second kappa shape index (κ2) is 4.79. The predicted molar refractivity (Wildman–Crippen MR) is 55.6 cm³/mol. The number of halogens is 1. The predicted octanol–water partition coefficient (Wildman–Crippen LogP) is 1.60. The molecule has 5 heteroatoms. The summed E-state index contributed by atoms with van der Waals surface area (Å²) >= 11 is 5.72. The van der Waals surface area contributed by atoms with Crippen molar-refractivity contribution in [2.45, 2.75) is 13.0 Å². The lowest BCUT2D eigenvalue weighted by molar-refractivity contribution is -0.141. The third-order valence-electron chi connectivity index (χ3n) is 1.78. The lowest BCUT2D eigenvalue weighted by Gasteiger charge is -2.13. The van der Waals surface area contributed by atoms with E-state index in [1.165, 1.54) is 13.0 Å². The van der Waals surface area contributed by atoms with Crippen molar-refractivity contribution in [1.29, 1.82) is 0 Å². The Labute approximate surface area is 91.9 Å².